The Balaban J connectivity index is 4.37. The summed E-state index contributed by atoms with van der Waals surface area (Å²) in [6.45, 7) is 5.50. The third-order valence-electron chi connectivity index (χ3n) is 1.92. The van der Waals surface area contributed by atoms with Gasteiger partial charge in [0.25, 0.3) is 0 Å². The lowest BCUT2D eigenvalue weighted by atomic mass is 10.0. The highest BCUT2D eigenvalue weighted by molar-refractivity contribution is 5.87. The maximum absolute atomic E-state index is 11.3. The van der Waals surface area contributed by atoms with Crippen LogP contribution < -0.4 is 11.1 Å². The number of hydrogen-bond donors (Lipinski definition) is 2. The van der Waals surface area contributed by atoms with Crippen LogP contribution in [0.4, 0.5) is 0 Å². The molecule has 15 heavy (non-hydrogen) atoms. The van der Waals surface area contributed by atoms with E-state index in [9.17, 15) is 9.59 Å². The Kier molecular flexibility index (Phi) is 5.93. The zero-order valence-corrected chi connectivity index (χ0v) is 9.74. The standard InChI is InChI=1S/C10H20N2O3/c1-6(2)5-8(10(14)15-4)12-9(13)7(3)11/h6-8H,5,11H2,1-4H3,(H,12,13)/t7-,8+/m0/s1. The predicted molar refractivity (Wildman–Crippen MR) is 57.1 cm³/mol. The van der Waals surface area contributed by atoms with Gasteiger partial charge in [0, 0.05) is 0 Å². The Bertz CT molecular complexity index is 227. The summed E-state index contributed by atoms with van der Waals surface area (Å²) in [7, 11) is 1.30. The van der Waals surface area contributed by atoms with Crippen LogP contribution in [-0.2, 0) is 14.3 Å². The summed E-state index contributed by atoms with van der Waals surface area (Å²) in [5, 5.41) is 2.56. The van der Waals surface area contributed by atoms with E-state index in [1.807, 2.05) is 13.8 Å². The molecule has 2 atom stereocenters. The van der Waals surface area contributed by atoms with Crippen molar-refractivity contribution < 1.29 is 14.3 Å². The number of hydrogen-bond acceptors (Lipinski definition) is 4. The molecule has 0 saturated carbocycles. The molecular formula is C10H20N2O3. The average Bonchev–Trinajstić information content (AvgIpc) is 2.14. The molecule has 0 unspecified atom stereocenters. The molecule has 0 rings (SSSR count). The van der Waals surface area contributed by atoms with E-state index in [0.29, 0.717) is 12.3 Å². The quantitative estimate of drug-likeness (QED) is 0.636. The van der Waals surface area contributed by atoms with Crippen molar-refractivity contribution in [3.63, 3.8) is 0 Å². The molecule has 0 bridgehead atoms. The van der Waals surface area contributed by atoms with Crippen molar-refractivity contribution in [2.45, 2.75) is 39.3 Å². The fourth-order valence-corrected chi connectivity index (χ4v) is 1.13. The van der Waals surface area contributed by atoms with Crippen LogP contribution in [-0.4, -0.2) is 31.1 Å². The van der Waals surface area contributed by atoms with Gasteiger partial charge in [0.2, 0.25) is 5.91 Å². The first-order valence-electron chi connectivity index (χ1n) is 5.02. The topological polar surface area (TPSA) is 81.4 Å². The molecule has 0 saturated heterocycles. The molecule has 5 heteroatoms. The minimum absolute atomic E-state index is 0.294. The second-order valence-corrected chi connectivity index (χ2v) is 4.00. The molecular weight excluding hydrogens is 196 g/mol. The molecule has 0 spiro atoms. The van der Waals surface area contributed by atoms with Crippen LogP contribution in [0.2, 0.25) is 0 Å². The van der Waals surface area contributed by atoms with Crippen molar-refractivity contribution in [1.29, 1.82) is 0 Å². The number of amides is 1. The summed E-state index contributed by atoms with van der Waals surface area (Å²) in [5.41, 5.74) is 5.39. The highest BCUT2D eigenvalue weighted by Crippen LogP contribution is 2.06. The SMILES string of the molecule is COC(=O)[C@@H](CC(C)C)NC(=O)[C@H](C)N. The number of methoxy groups -OCH3 is 1. The van der Waals surface area contributed by atoms with E-state index in [-0.39, 0.29) is 5.91 Å². The van der Waals surface area contributed by atoms with Crippen LogP contribution in [0.3, 0.4) is 0 Å². The molecule has 5 nitrogen and oxygen atoms in total. The van der Waals surface area contributed by atoms with E-state index in [4.69, 9.17) is 5.73 Å². The Labute approximate surface area is 90.4 Å². The summed E-state index contributed by atoms with van der Waals surface area (Å²) in [5.74, 6) is -0.480. The monoisotopic (exact) mass is 216 g/mol. The molecule has 88 valence electrons. The van der Waals surface area contributed by atoms with Gasteiger partial charge in [-0.15, -0.1) is 0 Å². The van der Waals surface area contributed by atoms with E-state index in [0.717, 1.165) is 0 Å². The highest BCUT2D eigenvalue weighted by atomic mass is 16.5. The minimum Gasteiger partial charge on any atom is -0.467 e. The van der Waals surface area contributed by atoms with Crippen LogP contribution in [0, 0.1) is 5.92 Å². The van der Waals surface area contributed by atoms with Gasteiger partial charge >= 0.3 is 5.97 Å². The lowest BCUT2D eigenvalue weighted by molar-refractivity contribution is -0.145. The summed E-state index contributed by atoms with van der Waals surface area (Å²) >= 11 is 0. The van der Waals surface area contributed by atoms with Gasteiger partial charge in [-0.2, -0.15) is 0 Å². The lowest BCUT2D eigenvalue weighted by Gasteiger charge is -2.19. The highest BCUT2D eigenvalue weighted by Gasteiger charge is 2.23. The number of esters is 1. The Morgan fingerprint density at radius 3 is 2.20 bits per heavy atom. The van der Waals surface area contributed by atoms with Crippen LogP contribution in [0.15, 0.2) is 0 Å². The number of carbonyl (C=O) groups is 2. The molecule has 3 N–H and O–H groups in total. The molecule has 0 radical (unpaired) electrons. The molecule has 0 aromatic rings. The summed E-state index contributed by atoms with van der Waals surface area (Å²) in [6, 6.07) is -1.22. The fraction of sp³-hybridized carbons (Fsp3) is 0.800. The molecule has 0 aromatic heterocycles. The molecule has 0 heterocycles. The van der Waals surface area contributed by atoms with Crippen molar-refractivity contribution in [3.05, 3.63) is 0 Å². The van der Waals surface area contributed by atoms with E-state index in [1.54, 1.807) is 6.92 Å². The predicted octanol–water partition coefficient (Wildman–Crippen LogP) is 0.0375. The van der Waals surface area contributed by atoms with Gasteiger partial charge in [0.15, 0.2) is 0 Å². The maximum Gasteiger partial charge on any atom is 0.328 e. The van der Waals surface area contributed by atoms with Crippen LogP contribution in [0.5, 0.6) is 0 Å². The second kappa shape index (κ2) is 6.40. The third kappa shape index (κ3) is 5.37. The smallest absolute Gasteiger partial charge is 0.328 e. The van der Waals surface area contributed by atoms with Crippen molar-refractivity contribution in [2.75, 3.05) is 7.11 Å². The van der Waals surface area contributed by atoms with E-state index in [1.165, 1.54) is 7.11 Å². The van der Waals surface area contributed by atoms with Crippen molar-refractivity contribution >= 4 is 11.9 Å². The minimum atomic E-state index is -0.621. The van der Waals surface area contributed by atoms with Crippen molar-refractivity contribution in [2.24, 2.45) is 11.7 Å². The normalized spacial score (nSPS) is 14.5. The lowest BCUT2D eigenvalue weighted by Crippen LogP contribution is -2.48. The van der Waals surface area contributed by atoms with Crippen LogP contribution >= 0.6 is 0 Å². The third-order valence-corrected chi connectivity index (χ3v) is 1.92. The molecule has 0 aliphatic heterocycles. The van der Waals surface area contributed by atoms with Crippen molar-refractivity contribution in [1.82, 2.24) is 5.32 Å². The summed E-state index contributed by atoms with van der Waals surface area (Å²) in [4.78, 5) is 22.6. The first-order chi connectivity index (χ1) is 6.88. The molecule has 0 aromatic carbocycles. The molecule has 0 aliphatic carbocycles. The largest absolute Gasteiger partial charge is 0.467 e. The second-order valence-electron chi connectivity index (χ2n) is 4.00. The van der Waals surface area contributed by atoms with Gasteiger partial charge in [-0.3, -0.25) is 4.79 Å². The number of nitrogens with one attached hydrogen (secondary N) is 1. The Morgan fingerprint density at radius 1 is 1.33 bits per heavy atom. The van der Waals surface area contributed by atoms with Gasteiger partial charge in [0.05, 0.1) is 13.2 Å². The summed E-state index contributed by atoms with van der Waals surface area (Å²) in [6.07, 6.45) is 0.547. The van der Waals surface area contributed by atoms with E-state index < -0.39 is 18.1 Å². The Hall–Kier alpha value is -1.10. The number of nitrogens with two attached hydrogens (primary N) is 1. The molecule has 1 amide bonds. The summed E-state index contributed by atoms with van der Waals surface area (Å²) < 4.78 is 4.60. The van der Waals surface area contributed by atoms with Gasteiger partial charge in [-0.1, -0.05) is 13.8 Å². The van der Waals surface area contributed by atoms with E-state index in [2.05, 4.69) is 10.1 Å². The number of carbonyl (C=O) groups excluding carboxylic acids is 2. The average molecular weight is 216 g/mol. The van der Waals surface area contributed by atoms with Gasteiger partial charge in [-0.25, -0.2) is 4.79 Å². The molecule has 0 aliphatic rings. The first-order valence-corrected chi connectivity index (χ1v) is 5.02. The number of rotatable bonds is 5. The molecule has 0 fully saturated rings. The number of ether oxygens (including phenoxy) is 1. The zero-order valence-electron chi connectivity index (χ0n) is 9.74. The van der Waals surface area contributed by atoms with Crippen molar-refractivity contribution in [3.8, 4) is 0 Å². The van der Waals surface area contributed by atoms with Crippen LogP contribution in [0.25, 0.3) is 0 Å². The zero-order chi connectivity index (χ0) is 12.0. The first kappa shape index (κ1) is 13.9. The van der Waals surface area contributed by atoms with Gasteiger partial charge < -0.3 is 15.8 Å². The maximum atomic E-state index is 11.3. The Morgan fingerprint density at radius 2 is 1.87 bits per heavy atom. The van der Waals surface area contributed by atoms with Crippen LogP contribution in [0.1, 0.15) is 27.2 Å². The van der Waals surface area contributed by atoms with Gasteiger partial charge in [-0.05, 0) is 19.3 Å². The van der Waals surface area contributed by atoms with Gasteiger partial charge in [0.1, 0.15) is 6.04 Å². The fourth-order valence-electron chi connectivity index (χ4n) is 1.13. The van der Waals surface area contributed by atoms with E-state index >= 15 is 0 Å².